The van der Waals surface area contributed by atoms with Gasteiger partial charge < -0.3 is 0 Å². The predicted octanol–water partition coefficient (Wildman–Crippen LogP) is 4.18. The average molecular weight is 387 g/mol. The lowest BCUT2D eigenvalue weighted by Gasteiger charge is -2.17. The van der Waals surface area contributed by atoms with Crippen molar-refractivity contribution in [3.63, 3.8) is 0 Å². The minimum Gasteiger partial charge on any atom is -0.297 e. The number of benzene rings is 1. The lowest BCUT2D eigenvalue weighted by Crippen LogP contribution is -2.23. The summed E-state index contributed by atoms with van der Waals surface area (Å²) in [5.74, 6) is -0.327. The molecule has 5 nitrogen and oxygen atoms in total. The Morgan fingerprint density at radius 2 is 2.07 bits per heavy atom. The number of halogens is 2. The Bertz CT molecular complexity index is 1010. The molecule has 1 saturated carbocycles. The number of rotatable bonds is 6. The van der Waals surface area contributed by atoms with Crippen molar-refractivity contribution < 1.29 is 8.78 Å². The first kappa shape index (κ1) is 17.9. The summed E-state index contributed by atoms with van der Waals surface area (Å²) in [4.78, 5) is 6.07. The van der Waals surface area contributed by atoms with E-state index in [1.165, 1.54) is 12.1 Å². The van der Waals surface area contributed by atoms with Crippen molar-refractivity contribution in [3.8, 4) is 11.4 Å². The van der Waals surface area contributed by atoms with E-state index in [-0.39, 0.29) is 0 Å². The second-order valence-corrected chi connectivity index (χ2v) is 7.21. The molecule has 0 spiro atoms. The first-order chi connectivity index (χ1) is 13.0. The Hall–Kier alpha value is -2.45. The molecule has 0 unspecified atom stereocenters. The Balaban J connectivity index is 1.59. The van der Waals surface area contributed by atoms with Crippen molar-refractivity contribution in [2.75, 3.05) is 7.05 Å². The molecule has 1 aliphatic carbocycles. The minimum absolute atomic E-state index is 0.326. The van der Waals surface area contributed by atoms with Crippen molar-refractivity contribution in [1.29, 1.82) is 0 Å². The van der Waals surface area contributed by atoms with E-state index in [4.69, 9.17) is 17.3 Å². The summed E-state index contributed by atoms with van der Waals surface area (Å²) in [6.45, 7) is 0.731. The number of pyridine rings is 1. The van der Waals surface area contributed by atoms with Crippen LogP contribution in [0.2, 0.25) is 0 Å². The zero-order valence-electron chi connectivity index (χ0n) is 14.8. The molecule has 0 aliphatic heterocycles. The highest BCUT2D eigenvalue weighted by atomic mass is 32.1. The first-order valence-corrected chi connectivity index (χ1v) is 9.16. The van der Waals surface area contributed by atoms with E-state index in [0.717, 1.165) is 30.3 Å². The second kappa shape index (κ2) is 7.28. The van der Waals surface area contributed by atoms with Crippen LogP contribution in [0.3, 0.4) is 0 Å². The monoisotopic (exact) mass is 387 g/mol. The molecule has 4 rings (SSSR count). The topological polar surface area (TPSA) is 38.9 Å². The third-order valence-corrected chi connectivity index (χ3v) is 4.94. The Morgan fingerprint density at radius 1 is 1.26 bits per heavy atom. The molecular formula is C19H19F2N5S. The van der Waals surface area contributed by atoms with Gasteiger partial charge in [-0.15, -0.1) is 0 Å². The van der Waals surface area contributed by atoms with Gasteiger partial charge in [0.2, 0.25) is 0 Å². The van der Waals surface area contributed by atoms with E-state index in [9.17, 15) is 8.78 Å². The maximum Gasteiger partial charge on any atom is 0.199 e. The molecule has 27 heavy (non-hydrogen) atoms. The third kappa shape index (κ3) is 3.81. The summed E-state index contributed by atoms with van der Waals surface area (Å²) in [5, 5.41) is 4.70. The SMILES string of the molecule is CN(Cc1ccc(F)cc1F)Cn1nc(-c2cccnc2)n(C2CC2)c1=S. The molecule has 140 valence electrons. The summed E-state index contributed by atoms with van der Waals surface area (Å²) in [7, 11) is 1.85. The maximum atomic E-state index is 13.9. The Kier molecular flexibility index (Phi) is 4.84. The molecule has 0 saturated heterocycles. The quantitative estimate of drug-likeness (QED) is 0.595. The van der Waals surface area contributed by atoms with Gasteiger partial charge in [-0.05, 0) is 50.3 Å². The molecule has 1 aromatic carbocycles. The molecule has 1 aliphatic rings. The highest BCUT2D eigenvalue weighted by Crippen LogP contribution is 2.38. The van der Waals surface area contributed by atoms with Crippen LogP contribution in [0.25, 0.3) is 11.4 Å². The Labute approximate surface area is 160 Å². The van der Waals surface area contributed by atoms with Crippen molar-refractivity contribution >= 4 is 12.2 Å². The van der Waals surface area contributed by atoms with Gasteiger partial charge in [0.15, 0.2) is 10.6 Å². The van der Waals surface area contributed by atoms with Gasteiger partial charge in [-0.3, -0.25) is 14.5 Å². The molecule has 2 aromatic heterocycles. The summed E-state index contributed by atoms with van der Waals surface area (Å²) in [5.41, 5.74) is 1.35. The van der Waals surface area contributed by atoms with Gasteiger partial charge >= 0.3 is 0 Å². The second-order valence-electron chi connectivity index (χ2n) is 6.84. The fourth-order valence-corrected chi connectivity index (χ4v) is 3.42. The van der Waals surface area contributed by atoms with E-state index in [0.29, 0.717) is 29.6 Å². The van der Waals surface area contributed by atoms with Crippen molar-refractivity contribution in [3.05, 3.63) is 64.7 Å². The summed E-state index contributed by atoms with van der Waals surface area (Å²) in [6, 6.07) is 7.84. The molecular weight excluding hydrogens is 368 g/mol. The smallest absolute Gasteiger partial charge is 0.199 e. The van der Waals surface area contributed by atoms with Crippen LogP contribution in [-0.2, 0) is 13.2 Å². The zero-order valence-corrected chi connectivity index (χ0v) is 15.7. The largest absolute Gasteiger partial charge is 0.297 e. The van der Waals surface area contributed by atoms with E-state index in [2.05, 4.69) is 9.55 Å². The number of nitrogens with zero attached hydrogens (tertiary/aromatic N) is 5. The van der Waals surface area contributed by atoms with E-state index >= 15 is 0 Å². The highest BCUT2D eigenvalue weighted by Gasteiger charge is 2.29. The van der Waals surface area contributed by atoms with Crippen LogP contribution in [0.5, 0.6) is 0 Å². The maximum absolute atomic E-state index is 13.9. The molecule has 0 atom stereocenters. The number of aromatic nitrogens is 4. The molecule has 0 amide bonds. The molecule has 2 heterocycles. The van der Waals surface area contributed by atoms with E-state index < -0.39 is 11.6 Å². The minimum atomic E-state index is -0.578. The molecule has 0 radical (unpaired) electrons. The molecule has 1 fully saturated rings. The van der Waals surface area contributed by atoms with E-state index in [1.807, 2.05) is 24.1 Å². The van der Waals surface area contributed by atoms with Crippen LogP contribution in [0.1, 0.15) is 24.4 Å². The van der Waals surface area contributed by atoms with Crippen LogP contribution < -0.4 is 0 Å². The van der Waals surface area contributed by atoms with Crippen LogP contribution >= 0.6 is 12.2 Å². The number of hydrogen-bond donors (Lipinski definition) is 0. The first-order valence-electron chi connectivity index (χ1n) is 8.75. The lowest BCUT2D eigenvalue weighted by molar-refractivity contribution is 0.240. The Morgan fingerprint density at radius 3 is 2.74 bits per heavy atom. The fourth-order valence-electron chi connectivity index (χ4n) is 3.09. The highest BCUT2D eigenvalue weighted by molar-refractivity contribution is 7.71. The van der Waals surface area contributed by atoms with Gasteiger partial charge in [0.05, 0.1) is 6.67 Å². The molecule has 0 bridgehead atoms. The van der Waals surface area contributed by atoms with Gasteiger partial charge in [0, 0.05) is 42.2 Å². The van der Waals surface area contributed by atoms with Crippen LogP contribution in [0.4, 0.5) is 8.78 Å². The standard InChI is InChI=1S/C19H19F2N5S/c1-24(11-14-4-5-15(20)9-17(14)21)12-25-19(27)26(16-6-7-16)18(23-25)13-3-2-8-22-10-13/h2-5,8-10,16H,6-7,11-12H2,1H3. The van der Waals surface area contributed by atoms with Gasteiger partial charge in [-0.1, -0.05) is 6.07 Å². The number of hydrogen-bond acceptors (Lipinski definition) is 4. The van der Waals surface area contributed by atoms with Gasteiger partial charge in [-0.25, -0.2) is 13.5 Å². The zero-order chi connectivity index (χ0) is 19.0. The molecule has 8 heteroatoms. The fraction of sp³-hybridized carbons (Fsp3) is 0.316. The third-order valence-electron chi connectivity index (χ3n) is 4.53. The predicted molar refractivity (Wildman–Crippen MR) is 100 cm³/mol. The van der Waals surface area contributed by atoms with Gasteiger partial charge in [0.1, 0.15) is 11.6 Å². The normalized spacial score (nSPS) is 14.1. The molecule has 0 N–H and O–H groups in total. The summed E-state index contributed by atoms with van der Waals surface area (Å²) >= 11 is 5.65. The van der Waals surface area contributed by atoms with Gasteiger partial charge in [-0.2, -0.15) is 5.10 Å². The molecule has 3 aromatic rings. The van der Waals surface area contributed by atoms with Gasteiger partial charge in [0.25, 0.3) is 0 Å². The van der Waals surface area contributed by atoms with E-state index in [1.54, 1.807) is 17.1 Å². The van der Waals surface area contributed by atoms with Crippen LogP contribution in [0, 0.1) is 16.4 Å². The summed E-state index contributed by atoms with van der Waals surface area (Å²) < 4.78 is 31.5. The van der Waals surface area contributed by atoms with Crippen LogP contribution in [0.15, 0.2) is 42.7 Å². The van der Waals surface area contributed by atoms with Crippen LogP contribution in [-0.4, -0.2) is 31.3 Å². The van der Waals surface area contributed by atoms with Crippen molar-refractivity contribution in [2.24, 2.45) is 0 Å². The lowest BCUT2D eigenvalue weighted by atomic mass is 10.2. The summed E-state index contributed by atoms with van der Waals surface area (Å²) in [6.07, 6.45) is 5.67. The van der Waals surface area contributed by atoms with Crippen molar-refractivity contribution in [2.45, 2.75) is 32.1 Å². The average Bonchev–Trinajstić information content (AvgIpc) is 3.43. The van der Waals surface area contributed by atoms with Crippen molar-refractivity contribution in [1.82, 2.24) is 24.2 Å².